The fourth-order valence-corrected chi connectivity index (χ4v) is 5.06. The van der Waals surface area contributed by atoms with Gasteiger partial charge in [-0.3, -0.25) is 14.8 Å². The lowest BCUT2D eigenvalue weighted by Crippen LogP contribution is -2.43. The second-order valence-corrected chi connectivity index (χ2v) is 9.15. The van der Waals surface area contributed by atoms with Crippen LogP contribution in [0.3, 0.4) is 0 Å². The summed E-state index contributed by atoms with van der Waals surface area (Å²) in [6.07, 6.45) is 1.17. The third-order valence-electron chi connectivity index (χ3n) is 5.01. The number of hydrogen-bond acceptors (Lipinski definition) is 7. The Morgan fingerprint density at radius 2 is 2.00 bits per heavy atom. The first-order valence-electron chi connectivity index (χ1n) is 9.55. The number of amides is 1. The number of sulfonamides is 1. The summed E-state index contributed by atoms with van der Waals surface area (Å²) in [5.74, 6) is -0.615. The number of anilines is 1. The van der Waals surface area contributed by atoms with Crippen LogP contribution in [0.15, 0.2) is 45.7 Å². The van der Waals surface area contributed by atoms with Crippen LogP contribution in [0.5, 0.6) is 0 Å². The van der Waals surface area contributed by atoms with E-state index in [-0.39, 0.29) is 29.3 Å². The fraction of sp³-hybridized carbons (Fsp3) is 0.368. The summed E-state index contributed by atoms with van der Waals surface area (Å²) in [7, 11) is -1.88. The molecule has 0 saturated carbocycles. The highest BCUT2D eigenvalue weighted by molar-refractivity contribution is 7.89. The van der Waals surface area contributed by atoms with Crippen molar-refractivity contribution in [1.82, 2.24) is 24.3 Å². The van der Waals surface area contributed by atoms with E-state index in [4.69, 9.17) is 4.42 Å². The van der Waals surface area contributed by atoms with Gasteiger partial charge in [0.1, 0.15) is 5.69 Å². The van der Waals surface area contributed by atoms with E-state index in [1.807, 2.05) is 6.92 Å². The normalized spacial score (nSPS) is 17.7. The maximum absolute atomic E-state index is 12.9. The molecule has 0 bridgehead atoms. The van der Waals surface area contributed by atoms with Crippen molar-refractivity contribution in [2.75, 3.05) is 18.4 Å². The number of piperidine rings is 1. The first-order chi connectivity index (χ1) is 14.3. The van der Waals surface area contributed by atoms with Gasteiger partial charge in [-0.25, -0.2) is 8.42 Å². The number of aromatic nitrogens is 4. The molecule has 30 heavy (non-hydrogen) atoms. The maximum atomic E-state index is 12.9. The number of aryl methyl sites for hydroxylation is 2. The molecule has 4 rings (SSSR count). The van der Waals surface area contributed by atoms with Crippen LogP contribution in [-0.4, -0.2) is 51.7 Å². The van der Waals surface area contributed by atoms with Crippen molar-refractivity contribution in [2.24, 2.45) is 13.0 Å². The minimum atomic E-state index is -3.64. The molecule has 3 heterocycles. The lowest BCUT2D eigenvalue weighted by molar-refractivity contribution is -0.121. The van der Waals surface area contributed by atoms with Gasteiger partial charge in [0.05, 0.1) is 16.5 Å². The Balaban J connectivity index is 1.45. The summed E-state index contributed by atoms with van der Waals surface area (Å²) >= 11 is 0. The van der Waals surface area contributed by atoms with Crippen LogP contribution in [0.2, 0.25) is 0 Å². The molecule has 0 radical (unpaired) electrons. The maximum Gasteiger partial charge on any atom is 0.322 e. The van der Waals surface area contributed by atoms with Crippen molar-refractivity contribution >= 4 is 21.9 Å². The molecule has 11 heteroatoms. The van der Waals surface area contributed by atoms with Crippen molar-refractivity contribution in [1.29, 1.82) is 0 Å². The summed E-state index contributed by atoms with van der Waals surface area (Å²) in [5.41, 5.74) is 1.44. The monoisotopic (exact) mass is 430 g/mol. The minimum Gasteiger partial charge on any atom is -0.401 e. The molecule has 0 unspecified atom stereocenters. The zero-order valence-corrected chi connectivity index (χ0v) is 17.5. The topological polar surface area (TPSA) is 123 Å². The molecule has 1 saturated heterocycles. The van der Waals surface area contributed by atoms with E-state index in [1.54, 1.807) is 48.1 Å². The Hall–Kier alpha value is -3.05. The number of carbonyl (C=O) groups excluding carboxylic acids is 1. The highest BCUT2D eigenvalue weighted by Crippen LogP contribution is 2.25. The molecule has 10 nitrogen and oxygen atoms in total. The summed E-state index contributed by atoms with van der Waals surface area (Å²) < 4.78 is 34.2. The van der Waals surface area contributed by atoms with Crippen molar-refractivity contribution < 1.29 is 17.6 Å². The smallest absolute Gasteiger partial charge is 0.322 e. The van der Waals surface area contributed by atoms with Crippen LogP contribution in [0.4, 0.5) is 6.01 Å². The van der Waals surface area contributed by atoms with Gasteiger partial charge in [-0.2, -0.15) is 9.40 Å². The lowest BCUT2D eigenvalue weighted by Gasteiger charge is -2.30. The highest BCUT2D eigenvalue weighted by atomic mass is 32.2. The molecule has 3 aromatic rings. The third-order valence-corrected chi connectivity index (χ3v) is 6.89. The predicted octanol–water partition coefficient (Wildman–Crippen LogP) is 1.82. The zero-order chi connectivity index (χ0) is 21.3. The molecular formula is C19H22N6O4S. The van der Waals surface area contributed by atoms with Crippen molar-refractivity contribution in [3.05, 3.63) is 42.1 Å². The van der Waals surface area contributed by atoms with Crippen LogP contribution in [0.25, 0.3) is 11.6 Å². The first-order valence-corrected chi connectivity index (χ1v) is 11.0. The largest absolute Gasteiger partial charge is 0.401 e. The van der Waals surface area contributed by atoms with Gasteiger partial charge in [0.25, 0.3) is 5.89 Å². The molecular weight excluding hydrogens is 408 g/mol. The highest BCUT2D eigenvalue weighted by Gasteiger charge is 2.33. The Morgan fingerprint density at radius 1 is 1.23 bits per heavy atom. The van der Waals surface area contributed by atoms with Crippen molar-refractivity contribution in [3.63, 3.8) is 0 Å². The van der Waals surface area contributed by atoms with E-state index in [2.05, 4.69) is 20.6 Å². The molecule has 158 valence electrons. The van der Waals surface area contributed by atoms with E-state index >= 15 is 0 Å². The third kappa shape index (κ3) is 3.98. The van der Waals surface area contributed by atoms with Crippen LogP contribution >= 0.6 is 0 Å². The average molecular weight is 430 g/mol. The number of nitrogens with one attached hydrogen (secondary N) is 1. The summed E-state index contributed by atoms with van der Waals surface area (Å²) in [5, 5.41) is 14.7. The summed E-state index contributed by atoms with van der Waals surface area (Å²) in [4.78, 5) is 12.9. The van der Waals surface area contributed by atoms with Crippen molar-refractivity contribution in [3.8, 4) is 11.6 Å². The van der Waals surface area contributed by atoms with Crippen LogP contribution in [-0.2, 0) is 21.9 Å². The van der Waals surface area contributed by atoms with E-state index in [0.29, 0.717) is 25.1 Å². The van der Waals surface area contributed by atoms with Gasteiger partial charge in [0, 0.05) is 20.1 Å². The molecule has 1 aliphatic rings. The Labute approximate surface area is 174 Å². The van der Waals surface area contributed by atoms with Gasteiger partial charge in [-0.1, -0.05) is 23.3 Å². The van der Waals surface area contributed by atoms with Crippen LogP contribution in [0, 0.1) is 12.8 Å². The zero-order valence-electron chi connectivity index (χ0n) is 16.6. The molecule has 1 aromatic carbocycles. The molecule has 1 fully saturated rings. The quantitative estimate of drug-likeness (QED) is 0.655. The number of nitrogens with zero attached hydrogens (tertiary/aromatic N) is 5. The molecule has 0 aliphatic carbocycles. The van der Waals surface area contributed by atoms with Crippen LogP contribution < -0.4 is 5.32 Å². The summed E-state index contributed by atoms with van der Waals surface area (Å²) in [6.45, 7) is 2.33. The fourth-order valence-electron chi connectivity index (χ4n) is 3.51. The Bertz CT molecular complexity index is 1150. The Morgan fingerprint density at radius 3 is 2.70 bits per heavy atom. The molecule has 0 spiro atoms. The number of hydrogen-bond donors (Lipinski definition) is 1. The van der Waals surface area contributed by atoms with E-state index in [1.165, 1.54) is 4.31 Å². The summed E-state index contributed by atoms with van der Waals surface area (Å²) in [6, 6.07) is 9.99. The molecule has 1 aliphatic heterocycles. The molecule has 1 amide bonds. The predicted molar refractivity (Wildman–Crippen MR) is 108 cm³/mol. The second kappa shape index (κ2) is 8.00. The van der Waals surface area contributed by atoms with E-state index < -0.39 is 15.9 Å². The van der Waals surface area contributed by atoms with Crippen LogP contribution in [0.1, 0.15) is 18.5 Å². The minimum absolute atomic E-state index is 0.0307. The second-order valence-electron chi connectivity index (χ2n) is 7.21. The van der Waals surface area contributed by atoms with Gasteiger partial charge >= 0.3 is 6.01 Å². The van der Waals surface area contributed by atoms with Crippen molar-refractivity contribution in [2.45, 2.75) is 24.7 Å². The SMILES string of the molecule is Cc1cc(-c2nnc(NC(=O)[C@H]3CCCN(S(=O)(=O)c4ccccc4)C3)o2)n(C)n1. The Kier molecular flexibility index (Phi) is 5.39. The molecule has 1 N–H and O–H groups in total. The van der Waals surface area contributed by atoms with Gasteiger partial charge in [-0.15, -0.1) is 5.10 Å². The average Bonchev–Trinajstić information content (AvgIpc) is 3.34. The number of rotatable bonds is 5. The van der Waals surface area contributed by atoms with Gasteiger partial charge in [-0.05, 0) is 38.0 Å². The lowest BCUT2D eigenvalue weighted by atomic mass is 9.99. The number of carbonyl (C=O) groups is 1. The molecule has 1 atom stereocenters. The van der Waals surface area contributed by atoms with Gasteiger partial charge in [0.15, 0.2) is 0 Å². The van der Waals surface area contributed by atoms with E-state index in [9.17, 15) is 13.2 Å². The standard InChI is InChI=1S/C19H22N6O4S/c1-13-11-16(24(2)23-13)18-21-22-19(29-18)20-17(26)14-7-6-10-25(12-14)30(27,28)15-8-4-3-5-9-15/h3-5,8-9,11,14H,6-7,10,12H2,1-2H3,(H,20,22,26)/t14-/m0/s1. The molecule has 2 aromatic heterocycles. The first kappa shape index (κ1) is 20.2. The van der Waals surface area contributed by atoms with E-state index in [0.717, 1.165) is 5.69 Å². The van der Waals surface area contributed by atoms with Gasteiger partial charge < -0.3 is 4.42 Å². The number of benzene rings is 1. The van der Waals surface area contributed by atoms with Gasteiger partial charge in [0.2, 0.25) is 15.9 Å².